The van der Waals surface area contributed by atoms with Gasteiger partial charge in [0.1, 0.15) is 5.82 Å². The third-order valence-corrected chi connectivity index (χ3v) is 4.24. The Hall–Kier alpha value is -2.18. The fourth-order valence-electron chi connectivity index (χ4n) is 3.27. The maximum atomic E-state index is 12.5. The van der Waals surface area contributed by atoms with E-state index >= 15 is 0 Å². The van der Waals surface area contributed by atoms with E-state index in [2.05, 4.69) is 15.3 Å². The lowest BCUT2D eigenvalue weighted by Gasteiger charge is -2.34. The number of nitrogens with zero attached hydrogens (tertiary/aromatic N) is 3. The quantitative estimate of drug-likeness (QED) is 0.928. The van der Waals surface area contributed by atoms with E-state index in [0.717, 1.165) is 24.5 Å². The molecule has 0 unspecified atom stereocenters. The number of hydrogen-bond donors (Lipinski definition) is 1. The van der Waals surface area contributed by atoms with Crippen LogP contribution in [0.2, 0.25) is 0 Å². The van der Waals surface area contributed by atoms with E-state index < -0.39 is 0 Å². The first-order valence-corrected chi connectivity index (χ1v) is 8.72. The van der Waals surface area contributed by atoms with Crippen LogP contribution in [0.5, 0.6) is 0 Å². The van der Waals surface area contributed by atoms with Crippen molar-refractivity contribution in [3.63, 3.8) is 0 Å². The van der Waals surface area contributed by atoms with Crippen molar-refractivity contribution < 1.29 is 9.53 Å². The highest BCUT2D eigenvalue weighted by Gasteiger charge is 2.24. The van der Waals surface area contributed by atoms with Crippen LogP contribution >= 0.6 is 0 Å². The molecule has 2 heterocycles. The van der Waals surface area contributed by atoms with E-state index in [-0.39, 0.29) is 18.1 Å². The van der Waals surface area contributed by atoms with E-state index in [9.17, 15) is 4.79 Å². The van der Waals surface area contributed by atoms with Crippen molar-refractivity contribution >= 4 is 11.7 Å². The summed E-state index contributed by atoms with van der Waals surface area (Å²) in [6.07, 6.45) is 0.300. The lowest BCUT2D eigenvalue weighted by molar-refractivity contribution is -0.121. The van der Waals surface area contributed by atoms with Crippen LogP contribution in [0.4, 0.5) is 5.82 Å². The molecule has 6 heteroatoms. The summed E-state index contributed by atoms with van der Waals surface area (Å²) in [5.41, 5.74) is 2.99. The molecule has 0 spiro atoms. The van der Waals surface area contributed by atoms with Crippen molar-refractivity contribution in [2.75, 3.05) is 25.0 Å². The first-order valence-electron chi connectivity index (χ1n) is 8.72. The summed E-state index contributed by atoms with van der Waals surface area (Å²) < 4.78 is 7.49. The number of aromatic nitrogens is 2. The summed E-state index contributed by atoms with van der Waals surface area (Å²) in [5.74, 6) is 0.662. The number of anilines is 1. The molecule has 0 saturated carbocycles. The van der Waals surface area contributed by atoms with Crippen molar-refractivity contribution in [2.24, 2.45) is 0 Å². The van der Waals surface area contributed by atoms with Gasteiger partial charge in [-0.25, -0.2) is 4.68 Å². The molecule has 1 aliphatic heterocycles. The molecule has 1 fully saturated rings. The fourth-order valence-corrected chi connectivity index (χ4v) is 3.27. The zero-order chi connectivity index (χ0) is 18.0. The molecule has 1 aromatic carbocycles. The molecule has 134 valence electrons. The number of benzene rings is 1. The number of carbonyl (C=O) groups excluding carboxylic acids is 1. The van der Waals surface area contributed by atoms with Crippen LogP contribution in [-0.2, 0) is 9.53 Å². The van der Waals surface area contributed by atoms with E-state index in [1.165, 1.54) is 5.56 Å². The van der Waals surface area contributed by atoms with Gasteiger partial charge >= 0.3 is 0 Å². The second-order valence-corrected chi connectivity index (χ2v) is 6.92. The lowest BCUT2D eigenvalue weighted by atomic mass is 10.2. The highest BCUT2D eigenvalue weighted by Crippen LogP contribution is 2.18. The SMILES string of the molecule is Cc1ccc(-n2nc(C)cc2NC(=O)CN2C[C@@H](C)O[C@@H](C)C2)cc1. The third kappa shape index (κ3) is 4.46. The molecule has 2 aromatic rings. The van der Waals surface area contributed by atoms with Crippen LogP contribution in [0.3, 0.4) is 0 Å². The minimum Gasteiger partial charge on any atom is -0.373 e. The molecule has 25 heavy (non-hydrogen) atoms. The Balaban J connectivity index is 1.70. The van der Waals surface area contributed by atoms with Crippen LogP contribution in [-0.4, -0.2) is 52.4 Å². The number of carbonyl (C=O) groups is 1. The number of rotatable bonds is 4. The van der Waals surface area contributed by atoms with Gasteiger partial charge in [-0.2, -0.15) is 5.10 Å². The zero-order valence-electron chi connectivity index (χ0n) is 15.3. The highest BCUT2D eigenvalue weighted by atomic mass is 16.5. The molecule has 1 aliphatic rings. The summed E-state index contributed by atoms with van der Waals surface area (Å²) >= 11 is 0. The average Bonchev–Trinajstić information content (AvgIpc) is 2.87. The Morgan fingerprint density at radius 2 is 1.84 bits per heavy atom. The number of nitrogens with one attached hydrogen (secondary N) is 1. The Morgan fingerprint density at radius 3 is 2.48 bits per heavy atom. The summed E-state index contributed by atoms with van der Waals surface area (Å²) in [6.45, 7) is 9.95. The van der Waals surface area contributed by atoms with Crippen LogP contribution in [0.15, 0.2) is 30.3 Å². The summed E-state index contributed by atoms with van der Waals surface area (Å²) in [4.78, 5) is 14.6. The van der Waals surface area contributed by atoms with Gasteiger partial charge in [0.05, 0.1) is 30.1 Å². The van der Waals surface area contributed by atoms with Gasteiger partial charge in [-0.3, -0.25) is 9.69 Å². The van der Waals surface area contributed by atoms with Gasteiger partial charge in [0.15, 0.2) is 0 Å². The molecule has 2 atom stereocenters. The highest BCUT2D eigenvalue weighted by molar-refractivity contribution is 5.91. The van der Waals surface area contributed by atoms with Gasteiger partial charge in [0.25, 0.3) is 0 Å². The number of hydrogen-bond acceptors (Lipinski definition) is 4. The molecule has 6 nitrogen and oxygen atoms in total. The molecule has 3 rings (SSSR count). The molecule has 1 amide bonds. The predicted molar refractivity (Wildman–Crippen MR) is 98.1 cm³/mol. The molecule has 1 saturated heterocycles. The molecule has 1 N–H and O–H groups in total. The van der Waals surface area contributed by atoms with Crippen LogP contribution in [0.1, 0.15) is 25.1 Å². The smallest absolute Gasteiger partial charge is 0.239 e. The lowest BCUT2D eigenvalue weighted by Crippen LogP contribution is -2.48. The monoisotopic (exact) mass is 342 g/mol. The number of amides is 1. The van der Waals surface area contributed by atoms with E-state index in [0.29, 0.717) is 12.4 Å². The van der Waals surface area contributed by atoms with Crippen molar-refractivity contribution in [3.8, 4) is 5.69 Å². The second kappa shape index (κ2) is 7.37. The third-order valence-electron chi connectivity index (χ3n) is 4.24. The van der Waals surface area contributed by atoms with Gasteiger partial charge < -0.3 is 10.1 Å². The predicted octanol–water partition coefficient (Wildman–Crippen LogP) is 2.54. The van der Waals surface area contributed by atoms with Gasteiger partial charge in [-0.15, -0.1) is 0 Å². The zero-order valence-corrected chi connectivity index (χ0v) is 15.3. The molecular formula is C19H26N4O2. The molecule has 0 bridgehead atoms. The molecule has 0 aliphatic carbocycles. The first-order chi connectivity index (χ1) is 11.9. The van der Waals surface area contributed by atoms with Gasteiger partial charge in [-0.05, 0) is 39.8 Å². The summed E-state index contributed by atoms with van der Waals surface area (Å²) in [5, 5.41) is 7.50. The topological polar surface area (TPSA) is 59.4 Å². The Morgan fingerprint density at radius 1 is 1.20 bits per heavy atom. The van der Waals surface area contributed by atoms with E-state index in [1.807, 2.05) is 58.0 Å². The number of morpholine rings is 1. The fraction of sp³-hybridized carbons (Fsp3) is 0.474. The van der Waals surface area contributed by atoms with Crippen LogP contribution in [0.25, 0.3) is 5.69 Å². The van der Waals surface area contributed by atoms with Crippen molar-refractivity contribution in [1.82, 2.24) is 14.7 Å². The van der Waals surface area contributed by atoms with E-state index in [4.69, 9.17) is 4.74 Å². The van der Waals surface area contributed by atoms with E-state index in [1.54, 1.807) is 4.68 Å². The van der Waals surface area contributed by atoms with Crippen molar-refractivity contribution in [3.05, 3.63) is 41.6 Å². The van der Waals surface area contributed by atoms with Crippen LogP contribution in [0, 0.1) is 13.8 Å². The second-order valence-electron chi connectivity index (χ2n) is 6.92. The standard InChI is InChI=1S/C19H26N4O2/c1-13-5-7-17(8-6-13)23-18(9-14(2)21-23)20-19(24)12-22-10-15(3)25-16(4)11-22/h5-9,15-16H,10-12H2,1-4H3,(H,20,24)/t15-,16+. The molecule has 0 radical (unpaired) electrons. The minimum absolute atomic E-state index is 0.0328. The number of ether oxygens (including phenoxy) is 1. The Kier molecular flexibility index (Phi) is 5.20. The minimum atomic E-state index is -0.0328. The van der Waals surface area contributed by atoms with Crippen LogP contribution < -0.4 is 5.32 Å². The normalized spacial score (nSPS) is 21.3. The largest absolute Gasteiger partial charge is 0.373 e. The maximum absolute atomic E-state index is 12.5. The van der Waals surface area contributed by atoms with Crippen molar-refractivity contribution in [2.45, 2.75) is 39.9 Å². The molecule has 1 aromatic heterocycles. The van der Waals surface area contributed by atoms with Crippen molar-refractivity contribution in [1.29, 1.82) is 0 Å². The maximum Gasteiger partial charge on any atom is 0.239 e. The summed E-state index contributed by atoms with van der Waals surface area (Å²) in [7, 11) is 0. The Labute approximate surface area is 148 Å². The Bertz CT molecular complexity index is 728. The van der Waals surface area contributed by atoms with Gasteiger partial charge in [0.2, 0.25) is 5.91 Å². The number of aryl methyl sites for hydroxylation is 2. The summed E-state index contributed by atoms with van der Waals surface area (Å²) in [6, 6.07) is 9.97. The first kappa shape index (κ1) is 17.6. The van der Waals surface area contributed by atoms with Gasteiger partial charge in [-0.1, -0.05) is 17.7 Å². The average molecular weight is 342 g/mol. The van der Waals surface area contributed by atoms with Gasteiger partial charge in [0, 0.05) is 19.2 Å². The molecular weight excluding hydrogens is 316 g/mol.